The van der Waals surface area contributed by atoms with Gasteiger partial charge in [0.25, 0.3) is 0 Å². The molecular weight excluding hydrogens is 218 g/mol. The van der Waals surface area contributed by atoms with Crippen molar-refractivity contribution in [1.29, 1.82) is 0 Å². The summed E-state index contributed by atoms with van der Waals surface area (Å²) in [6, 6.07) is 0. The van der Waals surface area contributed by atoms with Gasteiger partial charge >= 0.3 is 5.97 Å². The van der Waals surface area contributed by atoms with E-state index in [-0.39, 0.29) is 17.7 Å². The number of hydrogen-bond donors (Lipinski definition) is 1. The maximum Gasteiger partial charge on any atom is 0.306 e. The van der Waals surface area contributed by atoms with Crippen molar-refractivity contribution in [3.05, 3.63) is 12.2 Å². The number of allylic oxidation sites excluding steroid dienone is 2. The van der Waals surface area contributed by atoms with Gasteiger partial charge in [-0.1, -0.05) is 12.2 Å². The lowest BCUT2D eigenvalue weighted by Gasteiger charge is -2.33. The number of rotatable bonds is 2. The Hall–Kier alpha value is -1.32. The fourth-order valence-corrected chi connectivity index (χ4v) is 2.62. The fraction of sp³-hybridized carbons (Fsp3) is 0.692. The molecule has 0 spiro atoms. The molecule has 0 aromatic carbocycles. The van der Waals surface area contributed by atoms with Crippen LogP contribution in [0.15, 0.2) is 12.2 Å². The van der Waals surface area contributed by atoms with Crippen LogP contribution < -0.4 is 0 Å². The predicted molar refractivity (Wildman–Crippen MR) is 63.4 cm³/mol. The summed E-state index contributed by atoms with van der Waals surface area (Å²) in [5.41, 5.74) is 0. The zero-order valence-corrected chi connectivity index (χ0v) is 9.97. The van der Waals surface area contributed by atoms with E-state index in [4.69, 9.17) is 5.11 Å². The zero-order chi connectivity index (χ0) is 12.3. The van der Waals surface area contributed by atoms with Gasteiger partial charge in [0.05, 0.1) is 5.92 Å². The lowest BCUT2D eigenvalue weighted by molar-refractivity contribution is -0.146. The van der Waals surface area contributed by atoms with Crippen LogP contribution in [0.5, 0.6) is 0 Å². The average molecular weight is 237 g/mol. The first-order chi connectivity index (χ1) is 8.18. The molecule has 0 unspecified atom stereocenters. The van der Waals surface area contributed by atoms with E-state index in [0.717, 1.165) is 19.3 Å². The highest BCUT2D eigenvalue weighted by atomic mass is 16.4. The molecule has 0 radical (unpaired) electrons. The molecule has 2 aliphatic rings. The van der Waals surface area contributed by atoms with Crippen molar-refractivity contribution in [2.45, 2.75) is 32.1 Å². The summed E-state index contributed by atoms with van der Waals surface area (Å²) >= 11 is 0. The van der Waals surface area contributed by atoms with E-state index < -0.39 is 5.97 Å². The molecule has 1 amide bonds. The van der Waals surface area contributed by atoms with Gasteiger partial charge in [0.15, 0.2) is 0 Å². The largest absolute Gasteiger partial charge is 0.481 e. The molecule has 94 valence electrons. The smallest absolute Gasteiger partial charge is 0.306 e. The van der Waals surface area contributed by atoms with Gasteiger partial charge < -0.3 is 10.0 Å². The Balaban J connectivity index is 1.85. The highest BCUT2D eigenvalue weighted by Gasteiger charge is 2.30. The molecule has 1 fully saturated rings. The number of likely N-dealkylation sites (tertiary alicyclic amines) is 1. The quantitative estimate of drug-likeness (QED) is 0.743. The lowest BCUT2D eigenvalue weighted by Crippen LogP contribution is -2.43. The molecule has 0 bridgehead atoms. The first-order valence-electron chi connectivity index (χ1n) is 6.35. The second-order valence-electron chi connectivity index (χ2n) is 4.92. The van der Waals surface area contributed by atoms with E-state index in [2.05, 4.69) is 12.2 Å². The predicted octanol–water partition coefficient (Wildman–Crippen LogP) is 1.67. The maximum absolute atomic E-state index is 12.2. The molecule has 1 saturated heterocycles. The van der Waals surface area contributed by atoms with Gasteiger partial charge in [0, 0.05) is 19.0 Å². The first kappa shape index (κ1) is 12.1. The van der Waals surface area contributed by atoms with E-state index >= 15 is 0 Å². The number of carboxylic acid groups (broad SMARTS) is 1. The number of nitrogens with zero attached hydrogens (tertiary/aromatic N) is 1. The van der Waals surface area contributed by atoms with E-state index in [0.29, 0.717) is 25.9 Å². The van der Waals surface area contributed by atoms with Gasteiger partial charge in [-0.3, -0.25) is 9.59 Å². The standard InChI is InChI=1S/C13H19NO3/c15-12(10-4-2-1-3-5-10)14-8-6-11(7-9-14)13(16)17/h1-2,10-11H,3-9H2,(H,16,17)/t10-/m1/s1. The van der Waals surface area contributed by atoms with Gasteiger partial charge in [0.2, 0.25) is 5.91 Å². The first-order valence-corrected chi connectivity index (χ1v) is 6.35. The Morgan fingerprint density at radius 2 is 1.76 bits per heavy atom. The summed E-state index contributed by atoms with van der Waals surface area (Å²) in [5, 5.41) is 8.90. The van der Waals surface area contributed by atoms with E-state index in [9.17, 15) is 9.59 Å². The molecule has 0 saturated carbocycles. The van der Waals surface area contributed by atoms with Crippen molar-refractivity contribution in [3.8, 4) is 0 Å². The average Bonchev–Trinajstić information content (AvgIpc) is 2.39. The summed E-state index contributed by atoms with van der Waals surface area (Å²) in [6.45, 7) is 1.21. The number of carbonyl (C=O) groups excluding carboxylic acids is 1. The molecule has 17 heavy (non-hydrogen) atoms. The Labute approximate surface area is 101 Å². The molecule has 4 heteroatoms. The van der Waals surface area contributed by atoms with Crippen molar-refractivity contribution in [1.82, 2.24) is 4.90 Å². The van der Waals surface area contributed by atoms with Crippen LogP contribution in [0.3, 0.4) is 0 Å². The molecule has 1 aliphatic carbocycles. The second kappa shape index (κ2) is 5.34. The third kappa shape index (κ3) is 2.87. The third-order valence-electron chi connectivity index (χ3n) is 3.77. The van der Waals surface area contributed by atoms with Crippen LogP contribution in [0.25, 0.3) is 0 Å². The molecule has 1 heterocycles. The normalized spacial score (nSPS) is 25.9. The summed E-state index contributed by atoms with van der Waals surface area (Å²) in [5.74, 6) is -0.637. The van der Waals surface area contributed by atoms with Gasteiger partial charge in [0.1, 0.15) is 0 Å². The second-order valence-corrected chi connectivity index (χ2v) is 4.92. The summed E-state index contributed by atoms with van der Waals surface area (Å²) in [6.07, 6.45) is 8.18. The molecule has 4 nitrogen and oxygen atoms in total. The number of aliphatic carboxylic acids is 1. The Morgan fingerprint density at radius 3 is 2.29 bits per heavy atom. The minimum atomic E-state index is -0.724. The van der Waals surface area contributed by atoms with Crippen LogP contribution in [-0.4, -0.2) is 35.0 Å². The molecule has 0 aromatic rings. The van der Waals surface area contributed by atoms with Crippen molar-refractivity contribution < 1.29 is 14.7 Å². The van der Waals surface area contributed by atoms with Crippen LogP contribution in [0.4, 0.5) is 0 Å². The highest BCUT2D eigenvalue weighted by molar-refractivity contribution is 5.79. The monoisotopic (exact) mass is 237 g/mol. The number of amides is 1. The van der Waals surface area contributed by atoms with E-state index in [1.165, 1.54) is 0 Å². The molecule has 1 aliphatic heterocycles. The maximum atomic E-state index is 12.2. The van der Waals surface area contributed by atoms with Crippen LogP contribution in [0.1, 0.15) is 32.1 Å². The van der Waals surface area contributed by atoms with Gasteiger partial charge in [-0.05, 0) is 32.1 Å². The molecule has 1 N–H and O–H groups in total. The Kier molecular flexibility index (Phi) is 3.82. The number of carbonyl (C=O) groups is 2. The molecule has 2 rings (SSSR count). The lowest BCUT2D eigenvalue weighted by atomic mass is 9.91. The van der Waals surface area contributed by atoms with Crippen LogP contribution >= 0.6 is 0 Å². The fourth-order valence-electron chi connectivity index (χ4n) is 2.62. The van der Waals surface area contributed by atoms with Crippen LogP contribution in [-0.2, 0) is 9.59 Å². The van der Waals surface area contributed by atoms with Crippen molar-refractivity contribution in [2.24, 2.45) is 11.8 Å². The summed E-state index contributed by atoms with van der Waals surface area (Å²) in [7, 11) is 0. The topological polar surface area (TPSA) is 57.6 Å². The Morgan fingerprint density at radius 1 is 1.06 bits per heavy atom. The van der Waals surface area contributed by atoms with Crippen molar-refractivity contribution >= 4 is 11.9 Å². The minimum absolute atomic E-state index is 0.126. The molecular formula is C13H19NO3. The van der Waals surface area contributed by atoms with Crippen molar-refractivity contribution in [3.63, 3.8) is 0 Å². The van der Waals surface area contributed by atoms with Gasteiger partial charge in [-0.2, -0.15) is 0 Å². The number of carboxylic acids is 1. The van der Waals surface area contributed by atoms with E-state index in [1.54, 1.807) is 0 Å². The van der Waals surface area contributed by atoms with Crippen LogP contribution in [0.2, 0.25) is 0 Å². The third-order valence-corrected chi connectivity index (χ3v) is 3.77. The number of piperidine rings is 1. The van der Waals surface area contributed by atoms with E-state index in [1.807, 2.05) is 4.90 Å². The SMILES string of the molecule is O=C(O)C1CCN(C(=O)[C@@H]2CC=CCC2)CC1. The minimum Gasteiger partial charge on any atom is -0.481 e. The molecule has 1 atom stereocenters. The van der Waals surface area contributed by atoms with Crippen LogP contribution in [0, 0.1) is 11.8 Å². The summed E-state index contributed by atoms with van der Waals surface area (Å²) < 4.78 is 0. The summed E-state index contributed by atoms with van der Waals surface area (Å²) in [4.78, 5) is 24.8. The highest BCUT2D eigenvalue weighted by Crippen LogP contribution is 2.24. The zero-order valence-electron chi connectivity index (χ0n) is 9.97. The molecule has 0 aromatic heterocycles. The van der Waals surface area contributed by atoms with Gasteiger partial charge in [-0.25, -0.2) is 0 Å². The number of hydrogen-bond acceptors (Lipinski definition) is 2. The Bertz CT molecular complexity index is 330. The van der Waals surface area contributed by atoms with Gasteiger partial charge in [-0.15, -0.1) is 0 Å². The van der Waals surface area contributed by atoms with Crippen molar-refractivity contribution in [2.75, 3.05) is 13.1 Å².